The summed E-state index contributed by atoms with van der Waals surface area (Å²) in [5, 5.41) is 0. The molecule has 0 N–H and O–H groups in total. The van der Waals surface area contributed by atoms with Crippen molar-refractivity contribution in [2.24, 2.45) is 0 Å². The van der Waals surface area contributed by atoms with Gasteiger partial charge in [-0.1, -0.05) is 0 Å². The van der Waals surface area contributed by atoms with E-state index in [1.807, 2.05) is 4.90 Å². The zero-order valence-electron chi connectivity index (χ0n) is 9.05. The van der Waals surface area contributed by atoms with Crippen molar-refractivity contribution in [2.45, 2.75) is 26.7 Å². The molecular weight excluding hydrogens is 164 g/mol. The molecule has 0 bridgehead atoms. The topological polar surface area (TPSA) is 20.3 Å². The van der Waals surface area contributed by atoms with E-state index in [0.29, 0.717) is 5.91 Å². The molecule has 3 nitrogen and oxygen atoms in total. The van der Waals surface area contributed by atoms with Gasteiger partial charge in [0.25, 0.3) is 0 Å². The zero-order chi connectivity index (χ0) is 9.90. The predicted molar refractivity (Wildman–Crippen MR) is 53.1 cm³/mol. The zero-order valence-corrected chi connectivity index (χ0v) is 9.05. The molecule has 3 heteroatoms. The summed E-state index contributed by atoms with van der Waals surface area (Å²) in [4.78, 5) is 13.4. The maximum Gasteiger partial charge on any atom is 0.226 e. The van der Waals surface area contributed by atoms with E-state index in [0.717, 1.165) is 43.6 Å². The van der Waals surface area contributed by atoms with Crippen molar-refractivity contribution in [3.05, 3.63) is 0 Å². The minimum atomic E-state index is 0.339. The number of carbonyl (C=O) groups excluding carboxylic acids is 1. The van der Waals surface area contributed by atoms with E-state index >= 15 is 0 Å². The van der Waals surface area contributed by atoms with Gasteiger partial charge in [0.1, 0.15) is 0 Å². The van der Waals surface area contributed by atoms with Crippen molar-refractivity contribution < 1.29 is 9.28 Å². The first-order valence-electron chi connectivity index (χ1n) is 5.22. The third kappa shape index (κ3) is 2.44. The van der Waals surface area contributed by atoms with Crippen LogP contribution in [0.4, 0.5) is 0 Å². The number of hydrogen-bond donors (Lipinski definition) is 0. The molecule has 1 rings (SSSR count). The Balaban J connectivity index is 2.50. The van der Waals surface area contributed by atoms with Gasteiger partial charge < -0.3 is 4.48 Å². The molecule has 1 saturated heterocycles. The molecule has 0 saturated carbocycles. The lowest BCUT2D eigenvalue weighted by atomic mass is 10.4. The lowest BCUT2D eigenvalue weighted by Crippen LogP contribution is -2.51. The first kappa shape index (κ1) is 10.5. The highest BCUT2D eigenvalue weighted by atomic mass is 16.2. The molecule has 0 radical (unpaired) electrons. The molecule has 0 aliphatic carbocycles. The summed E-state index contributed by atoms with van der Waals surface area (Å²) in [6.07, 6.45) is 1.81. The van der Waals surface area contributed by atoms with Gasteiger partial charge in [-0.2, -0.15) is 0 Å². The summed E-state index contributed by atoms with van der Waals surface area (Å²) in [6.45, 7) is 8.42. The third-order valence-electron chi connectivity index (χ3n) is 3.21. The van der Waals surface area contributed by atoms with Crippen molar-refractivity contribution in [1.82, 2.24) is 4.90 Å². The van der Waals surface area contributed by atoms with Crippen molar-refractivity contribution in [2.75, 3.05) is 33.4 Å². The van der Waals surface area contributed by atoms with Crippen LogP contribution in [0.5, 0.6) is 0 Å². The predicted octanol–water partition coefficient (Wildman–Crippen LogP) is 1.05. The molecule has 0 aromatic carbocycles. The average Bonchev–Trinajstić information content (AvgIpc) is 2.52. The molecule has 0 unspecified atom stereocenters. The SMILES string of the molecule is CC[N+](C)(CC)CN1CCCC1=O. The van der Waals surface area contributed by atoms with Crippen LogP contribution in [0.3, 0.4) is 0 Å². The van der Waals surface area contributed by atoms with E-state index < -0.39 is 0 Å². The molecule has 1 aliphatic heterocycles. The molecule has 0 atom stereocenters. The highest BCUT2D eigenvalue weighted by Crippen LogP contribution is 2.13. The molecule has 1 amide bonds. The van der Waals surface area contributed by atoms with Crippen molar-refractivity contribution in [1.29, 1.82) is 0 Å². The lowest BCUT2D eigenvalue weighted by Gasteiger charge is -2.35. The Morgan fingerprint density at radius 1 is 1.38 bits per heavy atom. The summed E-state index contributed by atoms with van der Waals surface area (Å²) in [5.74, 6) is 0.339. The standard InChI is InChI=1S/C10H21N2O/c1-4-12(3,5-2)9-11-8-6-7-10(11)13/h4-9H2,1-3H3/q+1. The summed E-state index contributed by atoms with van der Waals surface area (Å²) in [6, 6.07) is 0. The maximum atomic E-state index is 11.4. The monoisotopic (exact) mass is 185 g/mol. The fraction of sp³-hybridized carbons (Fsp3) is 0.900. The van der Waals surface area contributed by atoms with Gasteiger partial charge in [-0.3, -0.25) is 9.69 Å². The highest BCUT2D eigenvalue weighted by molar-refractivity contribution is 5.77. The highest BCUT2D eigenvalue weighted by Gasteiger charge is 2.27. The maximum absolute atomic E-state index is 11.4. The molecule has 1 aliphatic rings. The molecule has 1 heterocycles. The number of rotatable bonds is 4. The second kappa shape index (κ2) is 4.09. The number of likely N-dealkylation sites (tertiary alicyclic amines) is 1. The van der Waals surface area contributed by atoms with Gasteiger partial charge in [0, 0.05) is 13.0 Å². The number of carbonyl (C=O) groups is 1. The molecule has 0 aromatic heterocycles. The summed E-state index contributed by atoms with van der Waals surface area (Å²) in [7, 11) is 2.21. The Morgan fingerprint density at radius 2 is 2.00 bits per heavy atom. The lowest BCUT2D eigenvalue weighted by molar-refractivity contribution is -0.914. The van der Waals surface area contributed by atoms with Gasteiger partial charge in [-0.05, 0) is 20.3 Å². The van der Waals surface area contributed by atoms with E-state index in [2.05, 4.69) is 20.9 Å². The van der Waals surface area contributed by atoms with Gasteiger partial charge in [0.15, 0.2) is 6.67 Å². The first-order valence-corrected chi connectivity index (χ1v) is 5.22. The van der Waals surface area contributed by atoms with E-state index in [1.54, 1.807) is 0 Å². The minimum absolute atomic E-state index is 0.339. The summed E-state index contributed by atoms with van der Waals surface area (Å²) in [5.41, 5.74) is 0. The minimum Gasteiger partial charge on any atom is -0.309 e. The summed E-state index contributed by atoms with van der Waals surface area (Å²) < 4.78 is 0.978. The molecule has 0 spiro atoms. The number of amides is 1. The molecular formula is C10H21N2O+. The Bertz CT molecular complexity index is 187. The van der Waals surface area contributed by atoms with Gasteiger partial charge >= 0.3 is 0 Å². The van der Waals surface area contributed by atoms with Gasteiger partial charge in [-0.15, -0.1) is 0 Å². The third-order valence-corrected chi connectivity index (χ3v) is 3.21. The number of nitrogens with zero attached hydrogens (tertiary/aromatic N) is 2. The number of quaternary nitrogens is 1. The fourth-order valence-corrected chi connectivity index (χ4v) is 1.69. The Labute approximate surface area is 80.9 Å². The van der Waals surface area contributed by atoms with E-state index in [9.17, 15) is 4.79 Å². The van der Waals surface area contributed by atoms with Crippen LogP contribution in [-0.4, -0.2) is 48.6 Å². The van der Waals surface area contributed by atoms with Gasteiger partial charge in [0.2, 0.25) is 5.91 Å². The van der Waals surface area contributed by atoms with Crippen LogP contribution in [0.15, 0.2) is 0 Å². The first-order chi connectivity index (χ1) is 6.11. The Kier molecular flexibility index (Phi) is 3.31. The number of hydrogen-bond acceptors (Lipinski definition) is 1. The van der Waals surface area contributed by atoms with Crippen LogP contribution < -0.4 is 0 Å². The average molecular weight is 185 g/mol. The molecule has 0 aromatic rings. The van der Waals surface area contributed by atoms with E-state index in [-0.39, 0.29) is 0 Å². The van der Waals surface area contributed by atoms with Crippen LogP contribution in [-0.2, 0) is 4.79 Å². The molecule has 13 heavy (non-hydrogen) atoms. The molecule has 76 valence electrons. The molecule has 1 fully saturated rings. The smallest absolute Gasteiger partial charge is 0.226 e. The fourth-order valence-electron chi connectivity index (χ4n) is 1.69. The van der Waals surface area contributed by atoms with E-state index in [4.69, 9.17) is 0 Å². The quantitative estimate of drug-likeness (QED) is 0.600. The van der Waals surface area contributed by atoms with Crippen LogP contribution in [0, 0.1) is 0 Å². The van der Waals surface area contributed by atoms with Gasteiger partial charge in [0.05, 0.1) is 20.1 Å². The Morgan fingerprint density at radius 3 is 2.38 bits per heavy atom. The van der Waals surface area contributed by atoms with Gasteiger partial charge in [-0.25, -0.2) is 0 Å². The normalized spacial score (nSPS) is 18.4. The summed E-state index contributed by atoms with van der Waals surface area (Å²) >= 11 is 0. The van der Waals surface area contributed by atoms with Crippen molar-refractivity contribution >= 4 is 5.91 Å². The van der Waals surface area contributed by atoms with Crippen LogP contribution in [0.2, 0.25) is 0 Å². The van der Waals surface area contributed by atoms with E-state index in [1.165, 1.54) is 0 Å². The second-order valence-corrected chi connectivity index (χ2v) is 4.15. The Hall–Kier alpha value is -0.570. The van der Waals surface area contributed by atoms with Crippen molar-refractivity contribution in [3.63, 3.8) is 0 Å². The largest absolute Gasteiger partial charge is 0.309 e. The second-order valence-electron chi connectivity index (χ2n) is 4.15. The van der Waals surface area contributed by atoms with Crippen molar-refractivity contribution in [3.8, 4) is 0 Å². The van der Waals surface area contributed by atoms with Crippen LogP contribution in [0.1, 0.15) is 26.7 Å². The van der Waals surface area contributed by atoms with Crippen LogP contribution >= 0.6 is 0 Å². The van der Waals surface area contributed by atoms with Crippen LogP contribution in [0.25, 0.3) is 0 Å².